The lowest BCUT2D eigenvalue weighted by Crippen LogP contribution is -2.49. The molecule has 1 saturated heterocycles. The molecule has 1 aliphatic heterocycles. The Labute approximate surface area is 165 Å². The first kappa shape index (κ1) is 20.4. The van der Waals surface area contributed by atoms with Crippen LogP contribution in [0.3, 0.4) is 0 Å². The SMILES string of the molecule is Cc1ccc(C(C)NC(=O)NCC(c2ccc(F)cc2)N2CCN(C)CC2)o1. The van der Waals surface area contributed by atoms with Gasteiger partial charge in [-0.2, -0.15) is 0 Å². The molecule has 2 aromatic rings. The van der Waals surface area contributed by atoms with Gasteiger partial charge >= 0.3 is 6.03 Å². The minimum Gasteiger partial charge on any atom is -0.464 e. The number of rotatable bonds is 6. The van der Waals surface area contributed by atoms with Crippen LogP contribution in [-0.4, -0.2) is 55.6 Å². The number of halogens is 1. The van der Waals surface area contributed by atoms with Gasteiger partial charge in [-0.25, -0.2) is 9.18 Å². The molecule has 1 fully saturated rings. The van der Waals surface area contributed by atoms with E-state index in [0.29, 0.717) is 6.54 Å². The number of nitrogens with one attached hydrogen (secondary N) is 2. The highest BCUT2D eigenvalue weighted by Gasteiger charge is 2.25. The van der Waals surface area contributed by atoms with Crippen molar-refractivity contribution in [3.8, 4) is 0 Å². The first-order valence-electron chi connectivity index (χ1n) is 9.71. The average molecular weight is 388 g/mol. The van der Waals surface area contributed by atoms with Crippen molar-refractivity contribution in [3.05, 3.63) is 59.3 Å². The van der Waals surface area contributed by atoms with Crippen LogP contribution in [0, 0.1) is 12.7 Å². The molecule has 1 aromatic heterocycles. The predicted molar refractivity (Wildman–Crippen MR) is 107 cm³/mol. The summed E-state index contributed by atoms with van der Waals surface area (Å²) in [5, 5.41) is 5.88. The number of hydrogen-bond donors (Lipinski definition) is 2. The Kier molecular flexibility index (Phi) is 6.70. The summed E-state index contributed by atoms with van der Waals surface area (Å²) in [5.41, 5.74) is 1.00. The lowest BCUT2D eigenvalue weighted by molar-refractivity contribution is 0.111. The fourth-order valence-electron chi connectivity index (χ4n) is 3.47. The van der Waals surface area contributed by atoms with Crippen molar-refractivity contribution in [3.63, 3.8) is 0 Å². The summed E-state index contributed by atoms with van der Waals surface area (Å²) in [5.74, 6) is 1.28. The van der Waals surface area contributed by atoms with Gasteiger partial charge in [-0.3, -0.25) is 4.90 Å². The van der Waals surface area contributed by atoms with E-state index in [1.165, 1.54) is 12.1 Å². The molecule has 3 rings (SSSR count). The molecule has 1 aromatic carbocycles. The predicted octanol–water partition coefficient (Wildman–Crippen LogP) is 3.08. The summed E-state index contributed by atoms with van der Waals surface area (Å²) in [6.07, 6.45) is 0. The second kappa shape index (κ2) is 9.21. The zero-order chi connectivity index (χ0) is 20.1. The van der Waals surface area contributed by atoms with E-state index in [0.717, 1.165) is 43.3 Å². The fraction of sp³-hybridized carbons (Fsp3) is 0.476. The second-order valence-corrected chi connectivity index (χ2v) is 7.43. The van der Waals surface area contributed by atoms with Gasteiger partial charge in [0.25, 0.3) is 0 Å². The monoisotopic (exact) mass is 388 g/mol. The van der Waals surface area contributed by atoms with E-state index in [1.807, 2.05) is 26.0 Å². The van der Waals surface area contributed by atoms with Gasteiger partial charge < -0.3 is 20.0 Å². The van der Waals surface area contributed by atoms with Crippen molar-refractivity contribution in [1.29, 1.82) is 0 Å². The number of carbonyl (C=O) groups excluding carboxylic acids is 1. The molecule has 152 valence electrons. The van der Waals surface area contributed by atoms with Crippen LogP contribution < -0.4 is 10.6 Å². The maximum atomic E-state index is 13.4. The maximum absolute atomic E-state index is 13.4. The summed E-state index contributed by atoms with van der Waals surface area (Å²) in [4.78, 5) is 17.0. The van der Waals surface area contributed by atoms with Crippen LogP contribution in [0.1, 0.15) is 36.1 Å². The van der Waals surface area contributed by atoms with Crippen molar-refractivity contribution in [2.45, 2.75) is 25.9 Å². The molecular formula is C21H29FN4O2. The van der Waals surface area contributed by atoms with Gasteiger partial charge in [-0.05, 0) is 50.7 Å². The third-order valence-corrected chi connectivity index (χ3v) is 5.22. The van der Waals surface area contributed by atoms with E-state index >= 15 is 0 Å². The van der Waals surface area contributed by atoms with E-state index in [2.05, 4.69) is 27.5 Å². The van der Waals surface area contributed by atoms with Crippen LogP contribution in [0.2, 0.25) is 0 Å². The standard InChI is InChI=1S/C21H29FN4O2/c1-15-4-9-20(28-15)16(2)24-21(27)23-14-19(17-5-7-18(22)8-6-17)26-12-10-25(3)11-13-26/h4-9,16,19H,10-14H2,1-3H3,(H2,23,24,27). The van der Waals surface area contributed by atoms with Gasteiger partial charge in [0.15, 0.2) is 0 Å². The van der Waals surface area contributed by atoms with Gasteiger partial charge in [0, 0.05) is 32.7 Å². The third kappa shape index (κ3) is 5.33. The number of likely N-dealkylation sites (N-methyl/N-ethyl adjacent to an activating group) is 1. The number of hydrogen-bond acceptors (Lipinski definition) is 4. The van der Waals surface area contributed by atoms with Crippen molar-refractivity contribution < 1.29 is 13.6 Å². The van der Waals surface area contributed by atoms with Crippen molar-refractivity contribution >= 4 is 6.03 Å². The highest BCUT2D eigenvalue weighted by molar-refractivity contribution is 5.74. The van der Waals surface area contributed by atoms with Crippen LogP contribution >= 0.6 is 0 Å². The molecule has 2 heterocycles. The van der Waals surface area contributed by atoms with Gasteiger partial charge in [0.05, 0.1) is 12.1 Å². The van der Waals surface area contributed by atoms with E-state index in [9.17, 15) is 9.18 Å². The molecule has 2 unspecified atom stereocenters. The smallest absolute Gasteiger partial charge is 0.315 e. The van der Waals surface area contributed by atoms with E-state index < -0.39 is 0 Å². The molecule has 0 saturated carbocycles. The molecule has 2 amide bonds. The van der Waals surface area contributed by atoms with Crippen LogP contribution in [-0.2, 0) is 0 Å². The van der Waals surface area contributed by atoms with Crippen molar-refractivity contribution in [2.24, 2.45) is 0 Å². The molecule has 1 aliphatic rings. The number of furan rings is 1. The largest absolute Gasteiger partial charge is 0.464 e. The molecule has 0 aliphatic carbocycles. The number of aryl methyl sites for hydroxylation is 1. The molecule has 0 radical (unpaired) electrons. The normalized spacial score (nSPS) is 17.9. The highest BCUT2D eigenvalue weighted by atomic mass is 19.1. The summed E-state index contributed by atoms with van der Waals surface area (Å²) in [6.45, 7) is 7.96. The Bertz CT molecular complexity index is 769. The van der Waals surface area contributed by atoms with Crippen LogP contribution in [0.4, 0.5) is 9.18 Å². The lowest BCUT2D eigenvalue weighted by atomic mass is 10.0. The number of amides is 2. The van der Waals surface area contributed by atoms with E-state index in [4.69, 9.17) is 4.42 Å². The van der Waals surface area contributed by atoms with E-state index in [-0.39, 0.29) is 23.9 Å². The number of benzene rings is 1. The number of urea groups is 1. The Hall–Kier alpha value is -2.38. The third-order valence-electron chi connectivity index (χ3n) is 5.22. The molecule has 7 heteroatoms. The summed E-state index contributed by atoms with van der Waals surface area (Å²) >= 11 is 0. The Morgan fingerprint density at radius 3 is 2.43 bits per heavy atom. The maximum Gasteiger partial charge on any atom is 0.315 e. The van der Waals surface area contributed by atoms with Crippen LogP contribution in [0.25, 0.3) is 0 Å². The summed E-state index contributed by atoms with van der Waals surface area (Å²) in [7, 11) is 2.10. The van der Waals surface area contributed by atoms with E-state index in [1.54, 1.807) is 12.1 Å². The van der Waals surface area contributed by atoms with Crippen molar-refractivity contribution in [1.82, 2.24) is 20.4 Å². The van der Waals surface area contributed by atoms with Gasteiger partial charge in [0.2, 0.25) is 0 Å². The molecular weight excluding hydrogens is 359 g/mol. The molecule has 0 bridgehead atoms. The molecule has 2 atom stereocenters. The number of carbonyl (C=O) groups is 1. The first-order chi connectivity index (χ1) is 13.4. The Morgan fingerprint density at radius 1 is 1.14 bits per heavy atom. The molecule has 2 N–H and O–H groups in total. The number of nitrogens with zero attached hydrogens (tertiary/aromatic N) is 2. The molecule has 0 spiro atoms. The topological polar surface area (TPSA) is 60.8 Å². The minimum absolute atomic E-state index is 0.00112. The molecule has 28 heavy (non-hydrogen) atoms. The zero-order valence-electron chi connectivity index (χ0n) is 16.7. The summed E-state index contributed by atoms with van der Waals surface area (Å²) in [6, 6.07) is 9.82. The van der Waals surface area contributed by atoms with Gasteiger partial charge in [0.1, 0.15) is 17.3 Å². The van der Waals surface area contributed by atoms with Crippen LogP contribution in [0.15, 0.2) is 40.8 Å². The highest BCUT2D eigenvalue weighted by Crippen LogP contribution is 2.22. The molecule has 6 nitrogen and oxygen atoms in total. The fourth-order valence-corrected chi connectivity index (χ4v) is 3.47. The lowest BCUT2D eigenvalue weighted by Gasteiger charge is -2.38. The Balaban J connectivity index is 1.62. The Morgan fingerprint density at radius 2 is 1.82 bits per heavy atom. The number of piperazine rings is 1. The second-order valence-electron chi connectivity index (χ2n) is 7.43. The van der Waals surface area contributed by atoms with Gasteiger partial charge in [-0.15, -0.1) is 0 Å². The zero-order valence-corrected chi connectivity index (χ0v) is 16.7. The quantitative estimate of drug-likeness (QED) is 0.798. The van der Waals surface area contributed by atoms with Gasteiger partial charge in [-0.1, -0.05) is 12.1 Å². The first-order valence-corrected chi connectivity index (χ1v) is 9.71. The minimum atomic E-state index is -0.255. The average Bonchev–Trinajstić information content (AvgIpc) is 3.11. The van der Waals surface area contributed by atoms with Crippen LogP contribution in [0.5, 0.6) is 0 Å². The van der Waals surface area contributed by atoms with Crippen molar-refractivity contribution in [2.75, 3.05) is 39.8 Å². The summed E-state index contributed by atoms with van der Waals surface area (Å²) < 4.78 is 18.9.